The van der Waals surface area contributed by atoms with E-state index in [0.29, 0.717) is 12.2 Å². The van der Waals surface area contributed by atoms with E-state index in [9.17, 15) is 4.79 Å². The van der Waals surface area contributed by atoms with Gasteiger partial charge in [0.15, 0.2) is 0 Å². The molecule has 0 aliphatic heterocycles. The van der Waals surface area contributed by atoms with Gasteiger partial charge in [-0.15, -0.1) is 11.3 Å². The van der Waals surface area contributed by atoms with E-state index in [2.05, 4.69) is 17.2 Å². The molecule has 5 heteroatoms. The Bertz CT molecular complexity index is 674. The summed E-state index contributed by atoms with van der Waals surface area (Å²) in [5.41, 5.74) is 1.70. The van der Waals surface area contributed by atoms with Crippen LogP contribution in [-0.2, 0) is 13.6 Å². The summed E-state index contributed by atoms with van der Waals surface area (Å²) in [7, 11) is 1.87. The predicted octanol–water partition coefficient (Wildman–Crippen LogP) is 1.67. The lowest BCUT2D eigenvalue weighted by Gasteiger charge is -2.05. The largest absolute Gasteiger partial charge is 0.384 e. The van der Waals surface area contributed by atoms with Crippen molar-refractivity contribution in [2.45, 2.75) is 13.5 Å². The monoisotopic (exact) mass is 288 g/mol. The summed E-state index contributed by atoms with van der Waals surface area (Å²) in [5, 5.41) is 11.5. The molecule has 104 valence electrons. The smallest absolute Gasteiger partial charge is 0.268 e. The molecule has 0 spiro atoms. The Morgan fingerprint density at radius 1 is 1.40 bits per heavy atom. The molecule has 0 unspecified atom stereocenters. The van der Waals surface area contributed by atoms with Crippen molar-refractivity contribution >= 4 is 17.2 Å². The summed E-state index contributed by atoms with van der Waals surface area (Å²) >= 11 is 1.51. The van der Waals surface area contributed by atoms with Crippen LogP contribution in [0.25, 0.3) is 0 Å². The summed E-state index contributed by atoms with van der Waals surface area (Å²) in [6.07, 6.45) is 0. The molecule has 2 heterocycles. The van der Waals surface area contributed by atoms with Gasteiger partial charge in [-0.2, -0.15) is 0 Å². The maximum absolute atomic E-state index is 12.0. The molecule has 2 aromatic heterocycles. The quantitative estimate of drug-likeness (QED) is 0.844. The van der Waals surface area contributed by atoms with E-state index in [0.717, 1.165) is 15.4 Å². The molecule has 4 nitrogen and oxygen atoms in total. The van der Waals surface area contributed by atoms with Crippen LogP contribution in [0.1, 0.15) is 25.9 Å². The fraction of sp³-hybridized carbons (Fsp3) is 0.267. The number of amides is 1. The molecule has 0 atom stereocenters. The Balaban J connectivity index is 1.97. The Kier molecular flexibility index (Phi) is 4.61. The van der Waals surface area contributed by atoms with Gasteiger partial charge in [0.05, 0.1) is 11.4 Å². The SMILES string of the molecule is Cc1ccc(C(=O)NCc2ccc(C#CCO)s2)n1C. The van der Waals surface area contributed by atoms with Gasteiger partial charge in [0.25, 0.3) is 5.91 Å². The van der Waals surface area contributed by atoms with Crippen LogP contribution in [0.4, 0.5) is 0 Å². The summed E-state index contributed by atoms with van der Waals surface area (Å²) in [4.78, 5) is 14.0. The van der Waals surface area contributed by atoms with Crippen LogP contribution in [0, 0.1) is 18.8 Å². The van der Waals surface area contributed by atoms with E-state index in [1.807, 2.05) is 42.8 Å². The molecule has 0 saturated heterocycles. The topological polar surface area (TPSA) is 54.3 Å². The number of aliphatic hydroxyl groups excluding tert-OH is 1. The van der Waals surface area contributed by atoms with Crippen molar-refractivity contribution in [2.75, 3.05) is 6.61 Å². The van der Waals surface area contributed by atoms with Crippen LogP contribution >= 0.6 is 11.3 Å². The molecule has 2 N–H and O–H groups in total. The number of carbonyl (C=O) groups excluding carboxylic acids is 1. The molecule has 0 saturated carbocycles. The second-order valence-corrected chi connectivity index (χ2v) is 5.50. The Morgan fingerprint density at radius 2 is 2.20 bits per heavy atom. The van der Waals surface area contributed by atoms with Crippen LogP contribution in [0.5, 0.6) is 0 Å². The summed E-state index contributed by atoms with van der Waals surface area (Å²) < 4.78 is 1.86. The first-order chi connectivity index (χ1) is 9.61. The minimum Gasteiger partial charge on any atom is -0.384 e. The minimum atomic E-state index is -0.142. The highest BCUT2D eigenvalue weighted by atomic mass is 32.1. The standard InChI is InChI=1S/C15H16N2O2S/c1-11-5-8-14(17(11)2)15(19)16-10-13-7-6-12(20-13)4-3-9-18/h5-8,18H,9-10H2,1-2H3,(H,16,19). The lowest BCUT2D eigenvalue weighted by atomic mass is 10.3. The van der Waals surface area contributed by atoms with Crippen molar-refractivity contribution in [1.82, 2.24) is 9.88 Å². The zero-order chi connectivity index (χ0) is 14.5. The van der Waals surface area contributed by atoms with Gasteiger partial charge in [-0.25, -0.2) is 0 Å². The molecule has 0 fully saturated rings. The van der Waals surface area contributed by atoms with Crippen molar-refractivity contribution in [3.8, 4) is 11.8 Å². The van der Waals surface area contributed by atoms with Crippen molar-refractivity contribution in [3.63, 3.8) is 0 Å². The summed E-state index contributed by atoms with van der Waals surface area (Å²) in [6, 6.07) is 7.56. The highest BCUT2D eigenvalue weighted by Crippen LogP contribution is 2.15. The Hall–Kier alpha value is -2.03. The first-order valence-electron chi connectivity index (χ1n) is 6.21. The minimum absolute atomic E-state index is 0.0861. The third-order valence-corrected chi connectivity index (χ3v) is 3.98. The highest BCUT2D eigenvalue weighted by Gasteiger charge is 2.10. The highest BCUT2D eigenvalue weighted by molar-refractivity contribution is 7.12. The van der Waals surface area contributed by atoms with E-state index in [4.69, 9.17) is 5.11 Å². The number of carbonyl (C=O) groups is 1. The zero-order valence-electron chi connectivity index (χ0n) is 11.4. The van der Waals surface area contributed by atoms with Gasteiger partial charge in [-0.3, -0.25) is 4.79 Å². The second kappa shape index (κ2) is 6.42. The Labute approximate surface area is 122 Å². The average Bonchev–Trinajstić information content (AvgIpc) is 3.02. The third-order valence-electron chi connectivity index (χ3n) is 2.98. The Morgan fingerprint density at radius 3 is 2.85 bits per heavy atom. The number of nitrogens with one attached hydrogen (secondary N) is 1. The van der Waals surface area contributed by atoms with Crippen molar-refractivity contribution in [2.24, 2.45) is 7.05 Å². The van der Waals surface area contributed by atoms with Crippen LogP contribution in [0.15, 0.2) is 24.3 Å². The van der Waals surface area contributed by atoms with Gasteiger partial charge in [-0.05, 0) is 31.2 Å². The second-order valence-electron chi connectivity index (χ2n) is 4.33. The molecule has 0 radical (unpaired) electrons. The van der Waals surface area contributed by atoms with Crippen LogP contribution in [-0.4, -0.2) is 22.2 Å². The molecule has 20 heavy (non-hydrogen) atoms. The first kappa shape index (κ1) is 14.4. The lowest BCUT2D eigenvalue weighted by Crippen LogP contribution is -2.24. The normalized spacial score (nSPS) is 9.95. The van der Waals surface area contributed by atoms with E-state index >= 15 is 0 Å². The van der Waals surface area contributed by atoms with E-state index in [1.165, 1.54) is 11.3 Å². The molecule has 1 amide bonds. The van der Waals surface area contributed by atoms with E-state index < -0.39 is 0 Å². The van der Waals surface area contributed by atoms with Gasteiger partial charge < -0.3 is 15.0 Å². The van der Waals surface area contributed by atoms with Crippen LogP contribution in [0.3, 0.4) is 0 Å². The van der Waals surface area contributed by atoms with Gasteiger partial charge in [0, 0.05) is 17.6 Å². The molecule has 0 aromatic carbocycles. The molecule has 0 aliphatic carbocycles. The number of hydrogen-bond acceptors (Lipinski definition) is 3. The number of aliphatic hydroxyl groups is 1. The summed E-state index contributed by atoms with van der Waals surface area (Å²) in [6.45, 7) is 2.30. The third kappa shape index (κ3) is 3.29. The average molecular weight is 288 g/mol. The van der Waals surface area contributed by atoms with Crippen molar-refractivity contribution in [1.29, 1.82) is 0 Å². The molecule has 2 rings (SSSR count). The molecule has 0 bridgehead atoms. The number of aromatic nitrogens is 1. The fourth-order valence-electron chi connectivity index (χ4n) is 1.77. The lowest BCUT2D eigenvalue weighted by molar-refractivity contribution is 0.0943. The van der Waals surface area contributed by atoms with Gasteiger partial charge in [0.2, 0.25) is 0 Å². The number of hydrogen-bond donors (Lipinski definition) is 2. The first-order valence-corrected chi connectivity index (χ1v) is 7.02. The molecular formula is C15H16N2O2S. The number of nitrogens with zero attached hydrogens (tertiary/aromatic N) is 1. The zero-order valence-corrected chi connectivity index (χ0v) is 12.3. The van der Waals surface area contributed by atoms with E-state index in [-0.39, 0.29) is 12.5 Å². The van der Waals surface area contributed by atoms with Gasteiger partial charge in [-0.1, -0.05) is 11.8 Å². The number of thiophene rings is 1. The fourth-order valence-corrected chi connectivity index (χ4v) is 2.59. The van der Waals surface area contributed by atoms with E-state index in [1.54, 1.807) is 0 Å². The van der Waals surface area contributed by atoms with Crippen molar-refractivity contribution in [3.05, 3.63) is 45.4 Å². The van der Waals surface area contributed by atoms with Gasteiger partial charge >= 0.3 is 0 Å². The molecule has 0 aliphatic rings. The molecule has 2 aromatic rings. The summed E-state index contributed by atoms with van der Waals surface area (Å²) in [5.74, 6) is 5.37. The number of aryl methyl sites for hydroxylation is 1. The van der Waals surface area contributed by atoms with Gasteiger partial charge in [0.1, 0.15) is 12.3 Å². The maximum Gasteiger partial charge on any atom is 0.268 e. The maximum atomic E-state index is 12.0. The number of rotatable bonds is 3. The predicted molar refractivity (Wildman–Crippen MR) is 79.6 cm³/mol. The van der Waals surface area contributed by atoms with Crippen molar-refractivity contribution < 1.29 is 9.90 Å². The van der Waals surface area contributed by atoms with Crippen LogP contribution in [0.2, 0.25) is 0 Å². The van der Waals surface area contributed by atoms with Crippen LogP contribution < -0.4 is 5.32 Å². The molecular weight excluding hydrogens is 272 g/mol.